The highest BCUT2D eigenvalue weighted by atomic mass is 16.2. The Kier molecular flexibility index (Phi) is 7.53. The molecule has 0 aromatic carbocycles. The third kappa shape index (κ3) is 5.78. The molecule has 7 nitrogen and oxygen atoms in total. The first-order valence-electron chi connectivity index (χ1n) is 9.35. The molecule has 0 unspecified atom stereocenters. The van der Waals surface area contributed by atoms with Gasteiger partial charge in [0.25, 0.3) is 0 Å². The number of aromatic nitrogens is 1. The molecule has 2 amide bonds. The number of hydrogen-bond donors (Lipinski definition) is 4. The van der Waals surface area contributed by atoms with E-state index in [1.165, 1.54) is 0 Å². The highest BCUT2D eigenvalue weighted by molar-refractivity contribution is 5.83. The van der Waals surface area contributed by atoms with Crippen LogP contribution in [0.3, 0.4) is 0 Å². The number of rotatable bonds is 2. The van der Waals surface area contributed by atoms with Crippen LogP contribution in [-0.4, -0.2) is 42.0 Å². The molecule has 0 radical (unpaired) electrons. The topological polar surface area (TPSA) is 95.2 Å². The molecule has 0 saturated carbocycles. The summed E-state index contributed by atoms with van der Waals surface area (Å²) in [6.07, 6.45) is 0. The van der Waals surface area contributed by atoms with Gasteiger partial charge in [-0.1, -0.05) is 33.8 Å². The van der Waals surface area contributed by atoms with Gasteiger partial charge in [-0.3, -0.25) is 25.2 Å². The number of nitrogens with one attached hydrogen (secondary N) is 4. The quantitative estimate of drug-likeness (QED) is 0.617. The first-order chi connectivity index (χ1) is 12.4. The Bertz CT molecular complexity index is 568. The second kappa shape index (κ2) is 9.64. The van der Waals surface area contributed by atoms with Crippen molar-refractivity contribution in [2.24, 2.45) is 11.8 Å². The van der Waals surface area contributed by atoms with E-state index in [1.54, 1.807) is 0 Å². The summed E-state index contributed by atoms with van der Waals surface area (Å²) in [7, 11) is 0. The maximum Gasteiger partial charge on any atom is 0.237 e. The van der Waals surface area contributed by atoms with Crippen molar-refractivity contribution >= 4 is 11.8 Å². The maximum atomic E-state index is 12.5. The van der Waals surface area contributed by atoms with Crippen molar-refractivity contribution in [2.75, 3.05) is 13.1 Å². The Balaban J connectivity index is 2.19. The van der Waals surface area contributed by atoms with Crippen molar-refractivity contribution in [1.29, 1.82) is 0 Å². The average molecular weight is 361 g/mol. The minimum Gasteiger partial charge on any atom is -0.353 e. The average Bonchev–Trinajstić information content (AvgIpc) is 2.58. The number of carbonyl (C=O) groups is 2. The number of pyridine rings is 1. The van der Waals surface area contributed by atoms with E-state index in [-0.39, 0.29) is 35.7 Å². The van der Waals surface area contributed by atoms with E-state index in [0.29, 0.717) is 26.2 Å². The van der Waals surface area contributed by atoms with Crippen molar-refractivity contribution in [2.45, 2.75) is 52.9 Å². The van der Waals surface area contributed by atoms with Gasteiger partial charge in [0.15, 0.2) is 0 Å². The summed E-state index contributed by atoms with van der Waals surface area (Å²) >= 11 is 0. The van der Waals surface area contributed by atoms with Gasteiger partial charge in [0.1, 0.15) is 0 Å². The van der Waals surface area contributed by atoms with Gasteiger partial charge in [-0.05, 0) is 24.0 Å². The van der Waals surface area contributed by atoms with Gasteiger partial charge in [0.05, 0.1) is 23.5 Å². The van der Waals surface area contributed by atoms with Crippen molar-refractivity contribution in [3.63, 3.8) is 0 Å². The van der Waals surface area contributed by atoms with Crippen LogP contribution in [0, 0.1) is 11.8 Å². The summed E-state index contributed by atoms with van der Waals surface area (Å²) in [6.45, 7) is 9.90. The predicted octanol–water partition coefficient (Wildman–Crippen LogP) is 0.556. The molecule has 2 bridgehead atoms. The summed E-state index contributed by atoms with van der Waals surface area (Å²) in [5, 5.41) is 12.4. The fourth-order valence-electron chi connectivity index (χ4n) is 3.01. The maximum absolute atomic E-state index is 12.5. The van der Waals surface area contributed by atoms with Crippen LogP contribution in [-0.2, 0) is 22.7 Å². The zero-order valence-electron chi connectivity index (χ0n) is 16.1. The van der Waals surface area contributed by atoms with Gasteiger partial charge >= 0.3 is 0 Å². The zero-order chi connectivity index (χ0) is 19.1. The minimum atomic E-state index is -0.303. The van der Waals surface area contributed by atoms with Crippen LogP contribution in [0.2, 0.25) is 0 Å². The Morgan fingerprint density at radius 1 is 0.846 bits per heavy atom. The van der Waals surface area contributed by atoms with Gasteiger partial charge in [-0.15, -0.1) is 0 Å². The lowest BCUT2D eigenvalue weighted by Gasteiger charge is -2.22. The van der Waals surface area contributed by atoms with Gasteiger partial charge < -0.3 is 10.6 Å². The number of fused-ring (bicyclic) bond motifs is 2. The van der Waals surface area contributed by atoms with E-state index < -0.39 is 0 Å². The Morgan fingerprint density at radius 2 is 1.27 bits per heavy atom. The molecule has 1 aromatic rings. The van der Waals surface area contributed by atoms with Crippen molar-refractivity contribution in [1.82, 2.24) is 26.3 Å². The molecular formula is C19H31N5O2. The summed E-state index contributed by atoms with van der Waals surface area (Å²) in [5.74, 6) is 0.184. The Hall–Kier alpha value is -1.99. The first-order valence-corrected chi connectivity index (χ1v) is 9.35. The molecule has 2 rings (SSSR count). The van der Waals surface area contributed by atoms with E-state index in [9.17, 15) is 9.59 Å². The Morgan fingerprint density at radius 3 is 1.65 bits per heavy atom. The lowest BCUT2D eigenvalue weighted by molar-refractivity contribution is -0.126. The molecule has 1 aromatic heterocycles. The number of amides is 2. The van der Waals surface area contributed by atoms with Gasteiger partial charge in [-0.25, -0.2) is 0 Å². The fourth-order valence-corrected chi connectivity index (χ4v) is 3.01. The van der Waals surface area contributed by atoms with Crippen LogP contribution in [0.25, 0.3) is 0 Å². The molecule has 4 N–H and O–H groups in total. The second-order valence-electron chi connectivity index (χ2n) is 7.41. The molecule has 0 spiro atoms. The van der Waals surface area contributed by atoms with Crippen molar-refractivity contribution in [3.05, 3.63) is 29.6 Å². The largest absolute Gasteiger partial charge is 0.353 e. The van der Waals surface area contributed by atoms with E-state index in [0.717, 1.165) is 11.4 Å². The highest BCUT2D eigenvalue weighted by Gasteiger charge is 2.23. The SMILES string of the molecule is CC(C)[C@@H]1NCc2cccc(n2)CN[C@H](C(C)C)C(=O)NCCNC1=O. The number of nitrogens with zero attached hydrogens (tertiary/aromatic N) is 1. The molecule has 7 heteroatoms. The summed E-state index contributed by atoms with van der Waals surface area (Å²) in [6, 6.07) is 5.23. The normalized spacial score (nSPS) is 23.2. The van der Waals surface area contributed by atoms with E-state index in [4.69, 9.17) is 0 Å². The first kappa shape index (κ1) is 20.3. The lowest BCUT2D eigenvalue weighted by Crippen LogP contribution is -2.50. The smallest absolute Gasteiger partial charge is 0.237 e. The van der Waals surface area contributed by atoms with Crippen LogP contribution in [0.1, 0.15) is 39.1 Å². The van der Waals surface area contributed by atoms with E-state index in [2.05, 4.69) is 26.3 Å². The number of carbonyl (C=O) groups excluding carboxylic acids is 2. The molecule has 1 aliphatic rings. The minimum absolute atomic E-state index is 0.0567. The third-order valence-corrected chi connectivity index (χ3v) is 4.49. The molecule has 0 saturated heterocycles. The zero-order valence-corrected chi connectivity index (χ0v) is 16.1. The highest BCUT2D eigenvalue weighted by Crippen LogP contribution is 2.07. The van der Waals surface area contributed by atoms with Crippen molar-refractivity contribution in [3.8, 4) is 0 Å². The van der Waals surface area contributed by atoms with Gasteiger partial charge in [0.2, 0.25) is 11.8 Å². The van der Waals surface area contributed by atoms with E-state index in [1.807, 2.05) is 45.9 Å². The third-order valence-electron chi connectivity index (χ3n) is 4.49. The second-order valence-corrected chi connectivity index (χ2v) is 7.41. The van der Waals surface area contributed by atoms with Crippen LogP contribution in [0.4, 0.5) is 0 Å². The molecule has 0 fully saturated rings. The molecule has 144 valence electrons. The summed E-state index contributed by atoms with van der Waals surface area (Å²) in [4.78, 5) is 29.5. The predicted molar refractivity (Wildman–Crippen MR) is 101 cm³/mol. The van der Waals surface area contributed by atoms with Crippen LogP contribution < -0.4 is 21.3 Å². The van der Waals surface area contributed by atoms with Gasteiger partial charge in [0, 0.05) is 26.2 Å². The number of hydrogen-bond acceptors (Lipinski definition) is 5. The van der Waals surface area contributed by atoms with Crippen LogP contribution in [0.5, 0.6) is 0 Å². The van der Waals surface area contributed by atoms with E-state index >= 15 is 0 Å². The molecule has 26 heavy (non-hydrogen) atoms. The molecular weight excluding hydrogens is 330 g/mol. The van der Waals surface area contributed by atoms with Crippen LogP contribution >= 0.6 is 0 Å². The lowest BCUT2D eigenvalue weighted by atomic mass is 10.0. The monoisotopic (exact) mass is 361 g/mol. The van der Waals surface area contributed by atoms with Crippen LogP contribution in [0.15, 0.2) is 18.2 Å². The molecule has 1 aliphatic heterocycles. The van der Waals surface area contributed by atoms with Crippen molar-refractivity contribution < 1.29 is 9.59 Å². The summed E-state index contributed by atoms with van der Waals surface area (Å²) < 4.78 is 0. The standard InChI is InChI=1S/C19H31N5O2/c1-12(2)16-18(25)20-8-9-21-19(26)17(13(3)4)23-11-15-7-5-6-14(24-15)10-22-16/h5-7,12-13,16-17,22-23H,8-11H2,1-4H3,(H,20,25)(H,21,26)/t16-,17+. The molecule has 2 atom stereocenters. The fraction of sp³-hybridized carbons (Fsp3) is 0.632. The molecule has 2 heterocycles. The summed E-state index contributed by atoms with van der Waals surface area (Å²) in [5.41, 5.74) is 1.76. The Labute approximate surface area is 155 Å². The van der Waals surface area contributed by atoms with Gasteiger partial charge in [-0.2, -0.15) is 0 Å². The molecule has 0 aliphatic carbocycles.